The molecular weight excluding hydrogens is 436 g/mol. The molecule has 0 radical (unpaired) electrons. The molecule has 0 aromatic carbocycles. The van der Waals surface area contributed by atoms with Crippen LogP contribution in [0.1, 0.15) is 58.8 Å². The Labute approximate surface area is 201 Å². The molecule has 2 unspecified atom stereocenters. The van der Waals surface area contributed by atoms with E-state index in [9.17, 15) is 19.5 Å². The lowest BCUT2D eigenvalue weighted by Crippen LogP contribution is -2.56. The predicted octanol–water partition coefficient (Wildman–Crippen LogP) is 2.21. The maximum absolute atomic E-state index is 14.0. The smallest absolute Gasteiger partial charge is 0.312 e. The van der Waals surface area contributed by atoms with Crippen LogP contribution in [-0.4, -0.2) is 82.8 Å². The van der Waals surface area contributed by atoms with Crippen molar-refractivity contribution in [1.82, 2.24) is 9.80 Å². The van der Waals surface area contributed by atoms with E-state index < -0.39 is 35.6 Å². The second-order valence-electron chi connectivity index (χ2n) is 9.93. The average Bonchev–Trinajstić information content (AvgIpc) is 3.19. The minimum atomic E-state index is -1.21. The van der Waals surface area contributed by atoms with Crippen LogP contribution in [0.15, 0.2) is 24.3 Å². The summed E-state index contributed by atoms with van der Waals surface area (Å²) in [6, 6.07) is -0.807. The van der Waals surface area contributed by atoms with Crippen molar-refractivity contribution in [2.75, 3.05) is 26.3 Å². The number of ether oxygens (including phenoxy) is 2. The molecule has 4 heterocycles. The Morgan fingerprint density at radius 2 is 2.00 bits per heavy atom. The van der Waals surface area contributed by atoms with Crippen LogP contribution in [-0.2, 0) is 23.9 Å². The number of hydrogen-bond donors (Lipinski definition) is 1. The quantitative estimate of drug-likeness (QED) is 0.345. The molecule has 0 bridgehead atoms. The highest BCUT2D eigenvalue weighted by Crippen LogP contribution is 2.53. The number of fused-ring (bicyclic) bond motifs is 2. The van der Waals surface area contributed by atoms with Gasteiger partial charge in [0.25, 0.3) is 0 Å². The number of likely N-dealkylation sites (tertiary alicyclic amines) is 1. The Morgan fingerprint density at radius 3 is 2.76 bits per heavy atom. The number of nitrogens with zero attached hydrogens (tertiary/aromatic N) is 2. The van der Waals surface area contributed by atoms with Gasteiger partial charge in [-0.05, 0) is 45.4 Å². The number of allylic oxidation sites excluding steroid dienone is 1. The van der Waals surface area contributed by atoms with Crippen LogP contribution in [0.4, 0.5) is 0 Å². The fraction of sp³-hybridized carbons (Fsp3) is 0.731. The van der Waals surface area contributed by atoms with E-state index >= 15 is 0 Å². The van der Waals surface area contributed by atoms with Crippen molar-refractivity contribution in [2.24, 2.45) is 11.8 Å². The fourth-order valence-corrected chi connectivity index (χ4v) is 6.04. The Hall–Kier alpha value is -2.19. The first-order chi connectivity index (χ1) is 16.5. The van der Waals surface area contributed by atoms with Crippen molar-refractivity contribution in [1.29, 1.82) is 0 Å². The zero-order chi connectivity index (χ0) is 24.3. The second-order valence-corrected chi connectivity index (χ2v) is 9.93. The molecule has 4 aliphatic heterocycles. The van der Waals surface area contributed by atoms with Crippen molar-refractivity contribution >= 4 is 17.8 Å². The normalized spacial score (nSPS) is 35.3. The second kappa shape index (κ2) is 10.6. The van der Waals surface area contributed by atoms with Gasteiger partial charge in [0, 0.05) is 25.7 Å². The van der Waals surface area contributed by atoms with Gasteiger partial charge in [0.15, 0.2) is 0 Å². The summed E-state index contributed by atoms with van der Waals surface area (Å²) < 4.78 is 12.2. The number of unbranched alkanes of at least 4 members (excludes halogenated alkanes) is 1. The Balaban J connectivity index is 1.76. The topological polar surface area (TPSA) is 96.4 Å². The Kier molecular flexibility index (Phi) is 7.77. The van der Waals surface area contributed by atoms with Gasteiger partial charge in [0.1, 0.15) is 17.6 Å². The van der Waals surface area contributed by atoms with Crippen LogP contribution in [0.25, 0.3) is 0 Å². The number of carbonyl (C=O) groups is 3. The highest BCUT2D eigenvalue weighted by atomic mass is 16.6. The monoisotopic (exact) mass is 474 g/mol. The first-order valence-electron chi connectivity index (χ1n) is 12.9. The molecule has 1 spiro atoms. The lowest BCUT2D eigenvalue weighted by Gasteiger charge is -2.37. The molecule has 34 heavy (non-hydrogen) atoms. The third-order valence-corrected chi connectivity index (χ3v) is 7.68. The zero-order valence-electron chi connectivity index (χ0n) is 20.4. The molecule has 0 saturated carbocycles. The van der Waals surface area contributed by atoms with Crippen LogP contribution >= 0.6 is 0 Å². The molecule has 8 heteroatoms. The summed E-state index contributed by atoms with van der Waals surface area (Å²) in [5, 5.41) is 9.28. The van der Waals surface area contributed by atoms with Crippen LogP contribution in [0.5, 0.6) is 0 Å². The third kappa shape index (κ3) is 4.31. The first-order valence-corrected chi connectivity index (χ1v) is 12.9. The summed E-state index contributed by atoms with van der Waals surface area (Å²) in [5.41, 5.74) is -1.21. The number of esters is 1. The van der Waals surface area contributed by atoms with Crippen molar-refractivity contribution in [3.63, 3.8) is 0 Å². The van der Waals surface area contributed by atoms with Crippen molar-refractivity contribution in [3.05, 3.63) is 24.3 Å². The highest BCUT2D eigenvalue weighted by Gasteiger charge is 2.71. The molecule has 2 saturated heterocycles. The van der Waals surface area contributed by atoms with E-state index in [1.807, 2.05) is 36.1 Å². The SMILES string of the molecule is CCCC(C)N1CC=C[C@]23O[C@H]4/C=C\CCCCOC(=O)[C@H]4[C@H]2C(=O)N(CCCCO)C3C1=O. The molecule has 1 N–H and O–H groups in total. The molecule has 0 aliphatic carbocycles. The molecule has 4 aliphatic rings. The first kappa shape index (κ1) is 24.9. The molecule has 4 rings (SSSR count). The molecule has 8 nitrogen and oxygen atoms in total. The molecule has 6 atom stereocenters. The van der Waals surface area contributed by atoms with Gasteiger partial charge in [0.05, 0.1) is 18.6 Å². The standard InChI is InChI=1S/C26H38N2O6/c1-3-11-18(2)27-15-10-13-26-21(23(30)28(14-7-8-16-29)22(26)24(27)31)20-19(34-26)12-6-4-5-9-17-33-25(20)32/h6,10,12-13,18-22,29H,3-5,7-9,11,14-17H2,1-2H3/b12-6-/t18?,19-,20+,21-,22?,26-/m0/s1. The van der Waals surface area contributed by atoms with Crippen molar-refractivity contribution in [2.45, 2.75) is 82.6 Å². The van der Waals surface area contributed by atoms with Gasteiger partial charge in [-0.25, -0.2) is 0 Å². The van der Waals surface area contributed by atoms with Crippen LogP contribution in [0.2, 0.25) is 0 Å². The van der Waals surface area contributed by atoms with Crippen molar-refractivity contribution < 1.29 is 29.0 Å². The largest absolute Gasteiger partial charge is 0.465 e. The minimum absolute atomic E-state index is 0.0209. The number of rotatable bonds is 7. The fourth-order valence-electron chi connectivity index (χ4n) is 6.04. The van der Waals surface area contributed by atoms with E-state index in [-0.39, 0.29) is 24.5 Å². The minimum Gasteiger partial charge on any atom is -0.465 e. The number of hydrogen-bond acceptors (Lipinski definition) is 6. The van der Waals surface area contributed by atoms with Gasteiger partial charge < -0.3 is 24.4 Å². The summed E-state index contributed by atoms with van der Waals surface area (Å²) in [6.45, 7) is 5.25. The van der Waals surface area contributed by atoms with Gasteiger partial charge in [-0.15, -0.1) is 0 Å². The Morgan fingerprint density at radius 1 is 1.18 bits per heavy atom. The molecule has 0 aromatic heterocycles. The highest BCUT2D eigenvalue weighted by molar-refractivity contribution is 5.99. The lowest BCUT2D eigenvalue weighted by molar-refractivity contribution is -0.155. The zero-order valence-corrected chi connectivity index (χ0v) is 20.4. The van der Waals surface area contributed by atoms with Gasteiger partial charge >= 0.3 is 5.97 Å². The predicted molar refractivity (Wildman–Crippen MR) is 126 cm³/mol. The van der Waals surface area contributed by atoms with Gasteiger partial charge in [-0.2, -0.15) is 0 Å². The van der Waals surface area contributed by atoms with Gasteiger partial charge in [0.2, 0.25) is 11.8 Å². The lowest BCUT2D eigenvalue weighted by atomic mass is 9.78. The van der Waals surface area contributed by atoms with E-state index in [1.165, 1.54) is 0 Å². The Bertz CT molecular complexity index is 841. The molecule has 0 aromatic rings. The average molecular weight is 475 g/mol. The van der Waals surface area contributed by atoms with Gasteiger partial charge in [-0.1, -0.05) is 37.6 Å². The van der Waals surface area contributed by atoms with Crippen LogP contribution in [0, 0.1) is 11.8 Å². The van der Waals surface area contributed by atoms with E-state index in [0.717, 1.165) is 32.1 Å². The van der Waals surface area contributed by atoms with Crippen LogP contribution in [0.3, 0.4) is 0 Å². The van der Waals surface area contributed by atoms with E-state index in [0.29, 0.717) is 32.5 Å². The molecule has 2 amide bonds. The number of cyclic esters (lactones) is 1. The van der Waals surface area contributed by atoms with Gasteiger partial charge in [-0.3, -0.25) is 14.4 Å². The number of aliphatic hydroxyl groups is 1. The van der Waals surface area contributed by atoms with Crippen LogP contribution < -0.4 is 0 Å². The summed E-state index contributed by atoms with van der Waals surface area (Å²) in [6.07, 6.45) is 12.5. The number of carbonyl (C=O) groups excluding carboxylic acids is 3. The molecule has 188 valence electrons. The maximum atomic E-state index is 14.0. The summed E-state index contributed by atoms with van der Waals surface area (Å²) in [7, 11) is 0. The summed E-state index contributed by atoms with van der Waals surface area (Å²) in [4.78, 5) is 44.6. The van der Waals surface area contributed by atoms with Crippen molar-refractivity contribution in [3.8, 4) is 0 Å². The summed E-state index contributed by atoms with van der Waals surface area (Å²) >= 11 is 0. The third-order valence-electron chi connectivity index (χ3n) is 7.68. The maximum Gasteiger partial charge on any atom is 0.312 e. The molecular formula is C26H38N2O6. The molecule has 2 fully saturated rings. The van der Waals surface area contributed by atoms with E-state index in [2.05, 4.69) is 6.92 Å². The summed E-state index contributed by atoms with van der Waals surface area (Å²) in [5.74, 6) is -2.39. The number of aliphatic hydroxyl groups excluding tert-OH is 1. The number of amides is 2. The van der Waals surface area contributed by atoms with E-state index in [1.54, 1.807) is 4.90 Å². The van der Waals surface area contributed by atoms with E-state index in [4.69, 9.17) is 9.47 Å².